The molecule has 1 fully saturated rings. The minimum atomic E-state index is -0.438. The molecule has 2 atom stereocenters. The molecule has 1 rings (SSSR count). The molecule has 0 aromatic carbocycles. The van der Waals surface area contributed by atoms with Crippen LogP contribution in [0.15, 0.2) is 23.7 Å². The van der Waals surface area contributed by atoms with Gasteiger partial charge in [0.05, 0.1) is 5.66 Å². The van der Waals surface area contributed by atoms with E-state index in [1.165, 1.54) is 0 Å². The largest absolute Gasteiger partial charge is 0.476 e. The zero-order valence-corrected chi connectivity index (χ0v) is 11.8. The fourth-order valence-corrected chi connectivity index (χ4v) is 2.52. The maximum absolute atomic E-state index is 6.16. The molecule has 0 aliphatic carbocycles. The van der Waals surface area contributed by atoms with Crippen molar-refractivity contribution >= 4 is 0 Å². The SMILES string of the molecule is C/C(N)=C/C=C(\N)OC1CC(C)(C)NC(C)(N)C1. The lowest BCUT2D eigenvalue weighted by Crippen LogP contribution is -2.65. The molecule has 0 aromatic heterocycles. The topological polar surface area (TPSA) is 99.3 Å². The van der Waals surface area contributed by atoms with Crippen molar-refractivity contribution in [1.82, 2.24) is 5.32 Å². The van der Waals surface area contributed by atoms with Crippen LogP contribution in [0, 0.1) is 0 Å². The summed E-state index contributed by atoms with van der Waals surface area (Å²) in [7, 11) is 0. The standard InChI is InChI=1S/C13H26N4O/c1-9(14)5-6-11(15)18-10-7-12(2,3)17-13(4,16)8-10/h5-6,10,17H,7-8,14-16H2,1-4H3/b9-5-,11-6+. The molecule has 104 valence electrons. The maximum Gasteiger partial charge on any atom is 0.184 e. The van der Waals surface area contributed by atoms with Crippen molar-refractivity contribution in [3.63, 3.8) is 0 Å². The van der Waals surface area contributed by atoms with Gasteiger partial charge in [0.2, 0.25) is 0 Å². The van der Waals surface area contributed by atoms with Gasteiger partial charge in [0.25, 0.3) is 0 Å². The number of nitrogens with one attached hydrogen (secondary N) is 1. The second kappa shape index (κ2) is 5.20. The fourth-order valence-electron chi connectivity index (χ4n) is 2.52. The molecule has 0 saturated carbocycles. The highest BCUT2D eigenvalue weighted by Gasteiger charge is 2.39. The zero-order valence-electron chi connectivity index (χ0n) is 11.8. The first-order valence-corrected chi connectivity index (χ1v) is 6.24. The molecule has 1 saturated heterocycles. The lowest BCUT2D eigenvalue weighted by molar-refractivity contribution is 0.00944. The third-order valence-corrected chi connectivity index (χ3v) is 2.83. The number of rotatable bonds is 3. The highest BCUT2D eigenvalue weighted by Crippen LogP contribution is 2.28. The molecular weight excluding hydrogens is 228 g/mol. The zero-order chi connectivity index (χ0) is 14.0. The van der Waals surface area contributed by atoms with Crippen LogP contribution in [0.5, 0.6) is 0 Å². The molecule has 5 heteroatoms. The van der Waals surface area contributed by atoms with E-state index in [1.807, 2.05) is 6.92 Å². The van der Waals surface area contributed by atoms with Crippen molar-refractivity contribution in [3.05, 3.63) is 23.7 Å². The van der Waals surface area contributed by atoms with Crippen LogP contribution in [0.1, 0.15) is 40.5 Å². The molecule has 5 nitrogen and oxygen atoms in total. The molecule has 18 heavy (non-hydrogen) atoms. The van der Waals surface area contributed by atoms with E-state index in [0.717, 1.165) is 12.8 Å². The normalized spacial score (nSPS) is 33.3. The molecule has 1 aliphatic heterocycles. The van der Waals surface area contributed by atoms with Gasteiger partial charge < -0.3 is 21.9 Å². The van der Waals surface area contributed by atoms with E-state index in [0.29, 0.717) is 11.6 Å². The Labute approximate surface area is 109 Å². The van der Waals surface area contributed by atoms with Gasteiger partial charge in [-0.25, -0.2) is 0 Å². The molecule has 1 heterocycles. The van der Waals surface area contributed by atoms with E-state index >= 15 is 0 Å². The van der Waals surface area contributed by atoms with Crippen molar-refractivity contribution in [1.29, 1.82) is 0 Å². The Kier molecular flexibility index (Phi) is 4.29. The fraction of sp³-hybridized carbons (Fsp3) is 0.692. The number of piperidine rings is 1. The lowest BCUT2D eigenvalue weighted by atomic mass is 9.84. The van der Waals surface area contributed by atoms with Gasteiger partial charge in [-0.05, 0) is 39.8 Å². The molecule has 2 unspecified atom stereocenters. The Morgan fingerprint density at radius 3 is 2.33 bits per heavy atom. The van der Waals surface area contributed by atoms with Crippen LogP contribution in [0.3, 0.4) is 0 Å². The Morgan fingerprint density at radius 2 is 1.83 bits per heavy atom. The van der Waals surface area contributed by atoms with Gasteiger partial charge in [0.1, 0.15) is 6.10 Å². The van der Waals surface area contributed by atoms with Crippen molar-refractivity contribution in [2.24, 2.45) is 17.2 Å². The van der Waals surface area contributed by atoms with Crippen LogP contribution in [-0.2, 0) is 4.74 Å². The third-order valence-electron chi connectivity index (χ3n) is 2.83. The summed E-state index contributed by atoms with van der Waals surface area (Å²) >= 11 is 0. The van der Waals surface area contributed by atoms with Crippen molar-refractivity contribution < 1.29 is 4.74 Å². The molecular formula is C13H26N4O. The molecule has 0 bridgehead atoms. The number of allylic oxidation sites excluding steroid dienone is 3. The van der Waals surface area contributed by atoms with Crippen LogP contribution < -0.4 is 22.5 Å². The monoisotopic (exact) mass is 254 g/mol. The summed E-state index contributed by atoms with van der Waals surface area (Å²) in [5.74, 6) is 0.373. The van der Waals surface area contributed by atoms with Crippen LogP contribution in [0.25, 0.3) is 0 Å². The summed E-state index contributed by atoms with van der Waals surface area (Å²) in [5.41, 5.74) is 17.7. The maximum atomic E-state index is 6.16. The molecule has 0 amide bonds. The van der Waals surface area contributed by atoms with Crippen molar-refractivity contribution in [2.75, 3.05) is 0 Å². The van der Waals surface area contributed by atoms with E-state index < -0.39 is 5.66 Å². The summed E-state index contributed by atoms with van der Waals surface area (Å²) in [5, 5.41) is 3.39. The van der Waals surface area contributed by atoms with Gasteiger partial charge in [-0.15, -0.1) is 0 Å². The summed E-state index contributed by atoms with van der Waals surface area (Å²) in [4.78, 5) is 0. The number of nitrogens with two attached hydrogens (primary N) is 3. The lowest BCUT2D eigenvalue weighted by Gasteiger charge is -2.45. The quantitative estimate of drug-likeness (QED) is 0.442. The summed E-state index contributed by atoms with van der Waals surface area (Å²) in [6.07, 6.45) is 5.00. The molecule has 0 radical (unpaired) electrons. The Morgan fingerprint density at radius 1 is 1.22 bits per heavy atom. The smallest absolute Gasteiger partial charge is 0.184 e. The van der Waals surface area contributed by atoms with E-state index in [9.17, 15) is 0 Å². The van der Waals surface area contributed by atoms with Gasteiger partial charge in [-0.2, -0.15) is 0 Å². The number of hydrogen-bond acceptors (Lipinski definition) is 5. The second-order valence-corrected chi connectivity index (χ2v) is 6.05. The third kappa shape index (κ3) is 4.98. The number of hydrogen-bond donors (Lipinski definition) is 4. The van der Waals surface area contributed by atoms with Crippen molar-refractivity contribution in [3.8, 4) is 0 Å². The highest BCUT2D eigenvalue weighted by atomic mass is 16.5. The van der Waals surface area contributed by atoms with Crippen molar-refractivity contribution in [2.45, 2.75) is 57.8 Å². The second-order valence-electron chi connectivity index (χ2n) is 6.05. The van der Waals surface area contributed by atoms with Gasteiger partial charge in [-0.3, -0.25) is 5.32 Å². The van der Waals surface area contributed by atoms with Crippen LogP contribution in [0.2, 0.25) is 0 Å². The first-order chi connectivity index (χ1) is 8.10. The summed E-state index contributed by atoms with van der Waals surface area (Å²) < 4.78 is 5.73. The first-order valence-electron chi connectivity index (χ1n) is 6.24. The Hall–Kier alpha value is -1.20. The molecule has 7 N–H and O–H groups in total. The molecule has 0 spiro atoms. The van der Waals surface area contributed by atoms with Gasteiger partial charge in [0, 0.05) is 24.1 Å². The van der Waals surface area contributed by atoms with Gasteiger partial charge in [-0.1, -0.05) is 0 Å². The average Bonchev–Trinajstić information content (AvgIpc) is 2.09. The molecule has 1 aliphatic rings. The Bertz CT molecular complexity index is 338. The average molecular weight is 254 g/mol. The van der Waals surface area contributed by atoms with E-state index in [1.54, 1.807) is 19.1 Å². The van der Waals surface area contributed by atoms with E-state index in [-0.39, 0.29) is 11.6 Å². The minimum Gasteiger partial charge on any atom is -0.476 e. The van der Waals surface area contributed by atoms with Gasteiger partial charge >= 0.3 is 0 Å². The van der Waals surface area contributed by atoms with Crippen LogP contribution >= 0.6 is 0 Å². The Balaban J connectivity index is 2.67. The predicted octanol–water partition coefficient (Wildman–Crippen LogP) is 0.871. The van der Waals surface area contributed by atoms with Gasteiger partial charge in [0.15, 0.2) is 5.88 Å². The van der Waals surface area contributed by atoms with Crippen LogP contribution in [-0.4, -0.2) is 17.3 Å². The molecule has 0 aromatic rings. The summed E-state index contributed by atoms with van der Waals surface area (Å²) in [6.45, 7) is 7.98. The van der Waals surface area contributed by atoms with Crippen LogP contribution in [0.4, 0.5) is 0 Å². The van der Waals surface area contributed by atoms with E-state index in [4.69, 9.17) is 21.9 Å². The first kappa shape index (κ1) is 14.9. The minimum absolute atomic E-state index is 0.0129. The summed E-state index contributed by atoms with van der Waals surface area (Å²) in [6, 6.07) is 0. The van der Waals surface area contributed by atoms with E-state index in [2.05, 4.69) is 19.2 Å². The predicted molar refractivity (Wildman–Crippen MR) is 74.1 cm³/mol. The highest BCUT2D eigenvalue weighted by molar-refractivity contribution is 5.10. The number of ether oxygens (including phenoxy) is 1.